The number of hydrogen-bond donors (Lipinski definition) is 1. The lowest BCUT2D eigenvalue weighted by Crippen LogP contribution is -2.29. The number of nitrogens with zero attached hydrogens (tertiary/aromatic N) is 1. The van der Waals surface area contributed by atoms with E-state index in [1.165, 1.54) is 6.08 Å². The Labute approximate surface area is 77.7 Å². The molecule has 1 aliphatic heterocycles. The summed E-state index contributed by atoms with van der Waals surface area (Å²) in [5.41, 5.74) is 4.67. The zero-order valence-electron chi connectivity index (χ0n) is 6.95. The van der Waals surface area contributed by atoms with Gasteiger partial charge in [0, 0.05) is 0 Å². The molecule has 14 heavy (non-hydrogen) atoms. The lowest BCUT2D eigenvalue weighted by atomic mass is 9.93. The summed E-state index contributed by atoms with van der Waals surface area (Å²) in [7, 11) is 0. The van der Waals surface area contributed by atoms with Crippen LogP contribution in [0.4, 0.5) is 13.2 Å². The van der Waals surface area contributed by atoms with Gasteiger partial charge >= 0.3 is 6.18 Å². The summed E-state index contributed by atoms with van der Waals surface area (Å²) >= 11 is 0. The van der Waals surface area contributed by atoms with Crippen LogP contribution < -0.4 is 5.73 Å². The van der Waals surface area contributed by atoms with Crippen molar-refractivity contribution in [3.63, 3.8) is 0 Å². The molecule has 0 saturated carbocycles. The number of fused-ring (bicyclic) bond motifs is 1. The van der Waals surface area contributed by atoms with Crippen LogP contribution in [0.15, 0.2) is 29.0 Å². The topological polar surface area (TPSA) is 47.6 Å². The number of nitrogens with two attached hydrogens (primary N) is 1. The number of halogens is 3. The highest BCUT2D eigenvalue weighted by Gasteiger charge is 2.39. The van der Waals surface area contributed by atoms with Gasteiger partial charge in [0.1, 0.15) is 0 Å². The van der Waals surface area contributed by atoms with E-state index >= 15 is 0 Å². The molecule has 0 aromatic heterocycles. The zero-order chi connectivity index (χ0) is 10.3. The highest BCUT2D eigenvalue weighted by atomic mass is 19.4. The van der Waals surface area contributed by atoms with Gasteiger partial charge in [-0.3, -0.25) is 0 Å². The van der Waals surface area contributed by atoms with Crippen molar-refractivity contribution in [1.29, 1.82) is 0 Å². The largest absolute Gasteiger partial charge is 0.416 e. The van der Waals surface area contributed by atoms with Gasteiger partial charge in [0.15, 0.2) is 11.9 Å². The van der Waals surface area contributed by atoms with E-state index in [9.17, 15) is 13.2 Å². The van der Waals surface area contributed by atoms with Crippen molar-refractivity contribution in [2.45, 2.75) is 12.3 Å². The van der Waals surface area contributed by atoms with Crippen molar-refractivity contribution < 1.29 is 18.0 Å². The molecule has 3 nitrogen and oxygen atoms in total. The third kappa shape index (κ3) is 1.36. The van der Waals surface area contributed by atoms with Crippen LogP contribution in [0.1, 0.15) is 0 Å². The number of amidine groups is 1. The van der Waals surface area contributed by atoms with Gasteiger partial charge in [-0.25, -0.2) is 0 Å². The summed E-state index contributed by atoms with van der Waals surface area (Å²) in [6.45, 7) is 0. The Morgan fingerprint density at radius 2 is 2.14 bits per heavy atom. The maximum atomic E-state index is 12.3. The molecule has 1 aliphatic carbocycles. The minimum absolute atomic E-state index is 0.0844. The third-order valence-electron chi connectivity index (χ3n) is 2.13. The Balaban J connectivity index is 2.28. The van der Waals surface area contributed by atoms with Crippen molar-refractivity contribution in [2.24, 2.45) is 16.8 Å². The van der Waals surface area contributed by atoms with E-state index in [1.807, 2.05) is 0 Å². The van der Waals surface area contributed by atoms with Crippen molar-refractivity contribution in [3.8, 4) is 0 Å². The number of rotatable bonds is 0. The van der Waals surface area contributed by atoms with Crippen molar-refractivity contribution in [2.75, 3.05) is 0 Å². The maximum Gasteiger partial charge on any atom is 0.416 e. The van der Waals surface area contributed by atoms with Gasteiger partial charge in [-0.1, -0.05) is 17.3 Å². The number of allylic oxidation sites excluding steroid dienone is 2. The quantitative estimate of drug-likeness (QED) is 0.647. The van der Waals surface area contributed by atoms with E-state index in [0.29, 0.717) is 0 Å². The molecular formula is C8H7F3N2O. The van der Waals surface area contributed by atoms with Crippen molar-refractivity contribution in [1.82, 2.24) is 0 Å². The average Bonchev–Trinajstić information content (AvgIpc) is 2.46. The van der Waals surface area contributed by atoms with Crippen LogP contribution in [-0.2, 0) is 4.84 Å². The summed E-state index contributed by atoms with van der Waals surface area (Å²) in [6, 6.07) is 0. The molecule has 0 saturated heterocycles. The van der Waals surface area contributed by atoms with Gasteiger partial charge in [-0.05, 0) is 6.08 Å². The first-order valence-electron chi connectivity index (χ1n) is 3.95. The summed E-state index contributed by atoms with van der Waals surface area (Å²) < 4.78 is 36.9. The first-order valence-corrected chi connectivity index (χ1v) is 3.95. The highest BCUT2D eigenvalue weighted by molar-refractivity contribution is 5.86. The smallest absolute Gasteiger partial charge is 0.386 e. The molecule has 2 N–H and O–H groups in total. The standard InChI is InChI=1S/C8H7F3N2O/c9-8(10,11)4-1-2-6-5(3-4)7(12)13-14-6/h1-3,5-6H,(H2,12,13). The minimum atomic E-state index is -4.34. The van der Waals surface area contributed by atoms with Gasteiger partial charge in [0.2, 0.25) is 0 Å². The number of hydrogen-bond acceptors (Lipinski definition) is 3. The third-order valence-corrected chi connectivity index (χ3v) is 2.13. The van der Waals surface area contributed by atoms with E-state index in [0.717, 1.165) is 12.2 Å². The monoisotopic (exact) mass is 204 g/mol. The zero-order valence-corrected chi connectivity index (χ0v) is 6.95. The van der Waals surface area contributed by atoms with Crippen LogP contribution in [0, 0.1) is 5.92 Å². The summed E-state index contributed by atoms with van der Waals surface area (Å²) in [5.74, 6) is -0.502. The van der Waals surface area contributed by atoms with Crippen LogP contribution in [0.3, 0.4) is 0 Å². The van der Waals surface area contributed by atoms with Gasteiger partial charge in [0.25, 0.3) is 0 Å². The van der Waals surface area contributed by atoms with E-state index in [2.05, 4.69) is 5.16 Å². The normalized spacial score (nSPS) is 30.5. The Bertz CT molecular complexity index is 343. The maximum absolute atomic E-state index is 12.3. The average molecular weight is 204 g/mol. The van der Waals surface area contributed by atoms with E-state index in [-0.39, 0.29) is 5.84 Å². The first kappa shape index (κ1) is 9.11. The molecule has 6 heteroatoms. The fourth-order valence-electron chi connectivity index (χ4n) is 1.39. The number of oxime groups is 1. The molecule has 2 rings (SSSR count). The SMILES string of the molecule is NC1=NOC2C=CC(C(F)(F)F)=CC12. The molecule has 2 unspecified atom stereocenters. The number of alkyl halides is 3. The molecular weight excluding hydrogens is 197 g/mol. The second-order valence-electron chi connectivity index (χ2n) is 3.09. The summed E-state index contributed by atoms with van der Waals surface area (Å²) in [5, 5.41) is 3.43. The fourth-order valence-corrected chi connectivity index (χ4v) is 1.39. The molecule has 2 aliphatic rings. The molecule has 1 heterocycles. The van der Waals surface area contributed by atoms with Crippen molar-refractivity contribution in [3.05, 3.63) is 23.8 Å². The molecule has 0 aromatic carbocycles. The van der Waals surface area contributed by atoms with Crippen LogP contribution >= 0.6 is 0 Å². The predicted molar refractivity (Wildman–Crippen MR) is 43.3 cm³/mol. The lowest BCUT2D eigenvalue weighted by Gasteiger charge is -2.18. The minimum Gasteiger partial charge on any atom is -0.386 e. The molecule has 0 fully saturated rings. The van der Waals surface area contributed by atoms with Gasteiger partial charge in [-0.15, -0.1) is 0 Å². The first-order chi connectivity index (χ1) is 6.48. The Kier molecular flexibility index (Phi) is 1.80. The summed E-state index contributed by atoms with van der Waals surface area (Å²) in [6.07, 6.45) is -1.49. The van der Waals surface area contributed by atoms with Crippen LogP contribution in [0.2, 0.25) is 0 Å². The molecule has 76 valence electrons. The molecule has 0 amide bonds. The van der Waals surface area contributed by atoms with Crippen molar-refractivity contribution >= 4 is 5.84 Å². The summed E-state index contributed by atoms with van der Waals surface area (Å²) in [4.78, 5) is 4.79. The molecule has 2 atom stereocenters. The van der Waals surface area contributed by atoms with E-state index < -0.39 is 23.8 Å². The van der Waals surface area contributed by atoms with E-state index in [1.54, 1.807) is 0 Å². The Morgan fingerprint density at radius 3 is 2.79 bits per heavy atom. The van der Waals surface area contributed by atoms with Crippen LogP contribution in [0.5, 0.6) is 0 Å². The van der Waals surface area contributed by atoms with Crippen LogP contribution in [0.25, 0.3) is 0 Å². The van der Waals surface area contributed by atoms with Gasteiger partial charge in [0.05, 0.1) is 11.5 Å². The van der Waals surface area contributed by atoms with Crippen LogP contribution in [-0.4, -0.2) is 18.1 Å². The lowest BCUT2D eigenvalue weighted by molar-refractivity contribution is -0.0891. The molecule has 0 radical (unpaired) electrons. The highest BCUT2D eigenvalue weighted by Crippen LogP contribution is 2.33. The Morgan fingerprint density at radius 1 is 1.43 bits per heavy atom. The fraction of sp³-hybridized carbons (Fsp3) is 0.375. The predicted octanol–water partition coefficient (Wildman–Crippen LogP) is 1.33. The van der Waals surface area contributed by atoms with E-state index in [4.69, 9.17) is 10.6 Å². The molecule has 0 spiro atoms. The Hall–Kier alpha value is -1.46. The second-order valence-corrected chi connectivity index (χ2v) is 3.09. The van der Waals surface area contributed by atoms with Gasteiger partial charge < -0.3 is 10.6 Å². The second kappa shape index (κ2) is 2.76. The van der Waals surface area contributed by atoms with Gasteiger partial charge in [-0.2, -0.15) is 13.2 Å². The molecule has 0 aromatic rings. The molecule has 0 bridgehead atoms.